The third-order valence-electron chi connectivity index (χ3n) is 3.58. The van der Waals surface area contributed by atoms with Crippen LogP contribution in [-0.4, -0.2) is 17.2 Å². The average Bonchev–Trinajstić information content (AvgIpc) is 2.60. The predicted molar refractivity (Wildman–Crippen MR) is 95.0 cm³/mol. The molecule has 0 saturated heterocycles. The number of allylic oxidation sites excluding steroid dienone is 1. The van der Waals surface area contributed by atoms with Crippen LogP contribution < -0.4 is 5.32 Å². The van der Waals surface area contributed by atoms with Crippen molar-refractivity contribution >= 4 is 23.5 Å². The SMILES string of the molecule is C/C(O)=C(\C=Nc1cc(C(F)(F)F)cc(C(F)(F)F)c1)C(=O)Nc1ccccc1. The van der Waals surface area contributed by atoms with Crippen molar-refractivity contribution in [3.8, 4) is 0 Å². The van der Waals surface area contributed by atoms with Gasteiger partial charge in [-0.25, -0.2) is 0 Å². The van der Waals surface area contributed by atoms with Gasteiger partial charge in [0.2, 0.25) is 0 Å². The Kier molecular flexibility index (Phi) is 6.35. The summed E-state index contributed by atoms with van der Waals surface area (Å²) in [6, 6.07) is 8.81. The molecule has 10 heteroatoms. The van der Waals surface area contributed by atoms with Crippen LogP contribution in [0, 0.1) is 0 Å². The number of para-hydroxylation sites is 1. The highest BCUT2D eigenvalue weighted by molar-refractivity contribution is 6.18. The average molecular weight is 416 g/mol. The van der Waals surface area contributed by atoms with Crippen LogP contribution in [0.1, 0.15) is 18.1 Å². The van der Waals surface area contributed by atoms with Crippen molar-refractivity contribution < 1.29 is 36.2 Å². The molecule has 2 aromatic carbocycles. The van der Waals surface area contributed by atoms with E-state index in [0.29, 0.717) is 24.0 Å². The van der Waals surface area contributed by atoms with Crippen LogP contribution in [0.2, 0.25) is 0 Å². The van der Waals surface area contributed by atoms with Gasteiger partial charge >= 0.3 is 12.4 Å². The zero-order valence-corrected chi connectivity index (χ0v) is 14.8. The maximum absolute atomic E-state index is 12.9. The van der Waals surface area contributed by atoms with E-state index in [1.807, 2.05) is 0 Å². The van der Waals surface area contributed by atoms with E-state index in [9.17, 15) is 36.2 Å². The first-order valence-corrected chi connectivity index (χ1v) is 7.97. The van der Waals surface area contributed by atoms with Crippen molar-refractivity contribution in [2.24, 2.45) is 4.99 Å². The van der Waals surface area contributed by atoms with Gasteiger partial charge in [0, 0.05) is 11.9 Å². The summed E-state index contributed by atoms with van der Waals surface area (Å²) >= 11 is 0. The number of carbonyl (C=O) groups excluding carboxylic acids is 1. The second-order valence-electron chi connectivity index (χ2n) is 5.84. The van der Waals surface area contributed by atoms with E-state index in [0.717, 1.165) is 6.92 Å². The number of alkyl halides is 6. The smallest absolute Gasteiger partial charge is 0.416 e. The van der Waals surface area contributed by atoms with Crippen LogP contribution in [0.25, 0.3) is 0 Å². The molecule has 29 heavy (non-hydrogen) atoms. The van der Waals surface area contributed by atoms with Gasteiger partial charge in [0.15, 0.2) is 0 Å². The first-order chi connectivity index (χ1) is 13.4. The normalized spacial score (nSPS) is 13.3. The highest BCUT2D eigenvalue weighted by atomic mass is 19.4. The number of carbonyl (C=O) groups is 1. The molecule has 0 bridgehead atoms. The number of aliphatic hydroxyl groups is 1. The molecule has 0 atom stereocenters. The van der Waals surface area contributed by atoms with Gasteiger partial charge in [0.25, 0.3) is 5.91 Å². The van der Waals surface area contributed by atoms with Gasteiger partial charge in [-0.05, 0) is 37.3 Å². The zero-order chi connectivity index (χ0) is 21.8. The summed E-state index contributed by atoms with van der Waals surface area (Å²) in [7, 11) is 0. The Hall–Kier alpha value is -3.30. The Morgan fingerprint density at radius 3 is 1.93 bits per heavy atom. The summed E-state index contributed by atoms with van der Waals surface area (Å²) in [6.45, 7) is 1.12. The van der Waals surface area contributed by atoms with Crippen LogP contribution in [0.5, 0.6) is 0 Å². The second kappa shape index (κ2) is 8.38. The monoisotopic (exact) mass is 416 g/mol. The van der Waals surface area contributed by atoms with E-state index in [4.69, 9.17) is 0 Å². The van der Waals surface area contributed by atoms with Gasteiger partial charge in [-0.1, -0.05) is 18.2 Å². The molecule has 0 aliphatic heterocycles. The molecule has 0 aromatic heterocycles. The Labute approximate surface area is 161 Å². The molecular weight excluding hydrogens is 402 g/mol. The van der Waals surface area contributed by atoms with Crippen LogP contribution in [0.3, 0.4) is 0 Å². The maximum atomic E-state index is 12.9. The largest absolute Gasteiger partial charge is 0.512 e. The molecule has 0 heterocycles. The molecule has 0 radical (unpaired) electrons. The number of amides is 1. The predicted octanol–water partition coefficient (Wildman–Crippen LogP) is 5.90. The molecule has 0 spiro atoms. The van der Waals surface area contributed by atoms with Crippen LogP contribution >= 0.6 is 0 Å². The highest BCUT2D eigenvalue weighted by Gasteiger charge is 2.36. The van der Waals surface area contributed by atoms with Gasteiger partial charge in [0.1, 0.15) is 5.76 Å². The van der Waals surface area contributed by atoms with Crippen LogP contribution in [0.15, 0.2) is 64.9 Å². The Bertz CT molecular complexity index is 911. The molecule has 154 valence electrons. The number of rotatable bonds is 4. The molecular formula is C19H14F6N2O2. The fraction of sp³-hybridized carbons (Fsp3) is 0.158. The molecule has 2 aromatic rings. The van der Waals surface area contributed by atoms with E-state index in [-0.39, 0.29) is 6.07 Å². The number of halogens is 6. The summed E-state index contributed by atoms with van der Waals surface area (Å²) in [5.74, 6) is -1.37. The van der Waals surface area contributed by atoms with Gasteiger partial charge in [-0.2, -0.15) is 26.3 Å². The molecule has 0 unspecified atom stereocenters. The van der Waals surface area contributed by atoms with Gasteiger partial charge in [-0.3, -0.25) is 9.79 Å². The lowest BCUT2D eigenvalue weighted by atomic mass is 10.1. The number of anilines is 1. The van der Waals surface area contributed by atoms with Crippen molar-refractivity contribution in [1.82, 2.24) is 0 Å². The molecule has 2 rings (SSSR count). The number of hydrogen-bond acceptors (Lipinski definition) is 3. The lowest BCUT2D eigenvalue weighted by molar-refractivity contribution is -0.143. The first-order valence-electron chi connectivity index (χ1n) is 7.97. The molecule has 0 aliphatic rings. The lowest BCUT2D eigenvalue weighted by Crippen LogP contribution is -2.16. The fourth-order valence-corrected chi connectivity index (χ4v) is 2.19. The number of aliphatic imine (C=N–C) groups is 1. The van der Waals surface area contributed by atoms with Crippen LogP contribution in [-0.2, 0) is 17.1 Å². The third kappa shape index (κ3) is 6.09. The second-order valence-corrected chi connectivity index (χ2v) is 5.84. The molecule has 1 amide bonds. The standard InChI is InChI=1S/C19H14F6N2O2/c1-11(28)16(17(29)27-14-5-3-2-4-6-14)10-26-15-8-12(18(20,21)22)7-13(9-15)19(23,24)25/h2-10,28H,1H3,(H,27,29)/b16-11-,26-10?. The zero-order valence-electron chi connectivity index (χ0n) is 14.8. The molecule has 4 nitrogen and oxygen atoms in total. The number of aliphatic hydroxyl groups excluding tert-OH is 1. The summed E-state index contributed by atoms with van der Waals surface area (Å²) in [5.41, 5.74) is -3.83. The quantitative estimate of drug-likeness (QED) is 0.282. The van der Waals surface area contributed by atoms with E-state index in [1.54, 1.807) is 30.3 Å². The fourth-order valence-electron chi connectivity index (χ4n) is 2.19. The van der Waals surface area contributed by atoms with E-state index in [2.05, 4.69) is 10.3 Å². The van der Waals surface area contributed by atoms with Gasteiger partial charge in [0.05, 0.1) is 22.4 Å². The number of hydrogen-bond donors (Lipinski definition) is 2. The Balaban J connectivity index is 2.39. The van der Waals surface area contributed by atoms with Crippen molar-refractivity contribution in [1.29, 1.82) is 0 Å². The summed E-state index contributed by atoms with van der Waals surface area (Å²) in [5, 5.41) is 12.1. The summed E-state index contributed by atoms with van der Waals surface area (Å²) in [6.07, 6.45) is -9.35. The van der Waals surface area contributed by atoms with E-state index in [1.165, 1.54) is 0 Å². The van der Waals surface area contributed by atoms with E-state index < -0.39 is 46.4 Å². The van der Waals surface area contributed by atoms with Crippen molar-refractivity contribution in [2.75, 3.05) is 5.32 Å². The number of nitrogens with zero attached hydrogens (tertiary/aromatic N) is 1. The minimum absolute atomic E-state index is 0.0326. The van der Waals surface area contributed by atoms with Crippen molar-refractivity contribution in [2.45, 2.75) is 19.3 Å². The lowest BCUT2D eigenvalue weighted by Gasteiger charge is -2.12. The molecule has 0 saturated carbocycles. The Morgan fingerprint density at radius 2 is 1.48 bits per heavy atom. The molecule has 0 aliphatic carbocycles. The minimum Gasteiger partial charge on any atom is -0.512 e. The Morgan fingerprint density at radius 1 is 0.966 bits per heavy atom. The first kappa shape index (κ1) is 22.0. The molecule has 0 fully saturated rings. The van der Waals surface area contributed by atoms with Crippen molar-refractivity contribution in [3.05, 3.63) is 71.0 Å². The summed E-state index contributed by atoms with van der Waals surface area (Å²) in [4.78, 5) is 15.8. The topological polar surface area (TPSA) is 61.7 Å². The third-order valence-corrected chi connectivity index (χ3v) is 3.58. The van der Waals surface area contributed by atoms with E-state index >= 15 is 0 Å². The van der Waals surface area contributed by atoms with Gasteiger partial charge < -0.3 is 10.4 Å². The van der Waals surface area contributed by atoms with Gasteiger partial charge in [-0.15, -0.1) is 0 Å². The maximum Gasteiger partial charge on any atom is 0.416 e. The summed E-state index contributed by atoms with van der Waals surface area (Å²) < 4.78 is 77.4. The minimum atomic E-state index is -5.03. The molecule has 2 N–H and O–H groups in total. The number of nitrogens with one attached hydrogen (secondary N) is 1. The number of benzene rings is 2. The van der Waals surface area contributed by atoms with Crippen molar-refractivity contribution in [3.63, 3.8) is 0 Å². The van der Waals surface area contributed by atoms with Crippen LogP contribution in [0.4, 0.5) is 37.7 Å². The highest BCUT2D eigenvalue weighted by Crippen LogP contribution is 2.38.